The molecule has 1 unspecified atom stereocenters. The molecule has 0 heterocycles. The van der Waals surface area contributed by atoms with Crippen LogP contribution in [0.2, 0.25) is 0 Å². The van der Waals surface area contributed by atoms with Gasteiger partial charge in [-0.15, -0.1) is 0 Å². The number of carbonyl (C=O) groups excluding carboxylic acids is 1. The number of hydrogen-bond acceptors (Lipinski definition) is 3. The Morgan fingerprint density at radius 3 is 2.36 bits per heavy atom. The first kappa shape index (κ1) is 17.5. The number of urea groups is 1. The van der Waals surface area contributed by atoms with E-state index in [1.807, 2.05) is 30.3 Å². The number of amides is 2. The Bertz CT molecular complexity index is 504. The summed E-state index contributed by atoms with van der Waals surface area (Å²) in [6.07, 6.45) is 0.788. The third kappa shape index (κ3) is 7.28. The summed E-state index contributed by atoms with van der Waals surface area (Å²) in [6, 6.07) is 7.92. The van der Waals surface area contributed by atoms with Gasteiger partial charge in [-0.25, -0.2) is 9.59 Å². The SMILES string of the molecule is O=C(O)CCCC(NC(=O)NCCc1ccccc1)C(=O)O. The molecule has 0 aliphatic heterocycles. The zero-order chi connectivity index (χ0) is 16.4. The second kappa shape index (κ2) is 9.38. The van der Waals surface area contributed by atoms with Crippen molar-refractivity contribution in [2.75, 3.05) is 6.54 Å². The third-order valence-corrected chi connectivity index (χ3v) is 3.03. The minimum Gasteiger partial charge on any atom is -0.481 e. The molecule has 2 amide bonds. The number of benzene rings is 1. The van der Waals surface area contributed by atoms with E-state index in [0.717, 1.165) is 5.56 Å². The van der Waals surface area contributed by atoms with Crippen molar-refractivity contribution in [1.82, 2.24) is 10.6 Å². The molecule has 4 N–H and O–H groups in total. The highest BCUT2D eigenvalue weighted by Crippen LogP contribution is 2.02. The monoisotopic (exact) mass is 308 g/mol. The zero-order valence-electron chi connectivity index (χ0n) is 12.1. The van der Waals surface area contributed by atoms with Gasteiger partial charge in [-0.3, -0.25) is 4.79 Å². The van der Waals surface area contributed by atoms with Gasteiger partial charge in [0.2, 0.25) is 0 Å². The van der Waals surface area contributed by atoms with Gasteiger partial charge in [-0.1, -0.05) is 30.3 Å². The lowest BCUT2D eigenvalue weighted by Gasteiger charge is -2.14. The van der Waals surface area contributed by atoms with E-state index in [-0.39, 0.29) is 19.3 Å². The van der Waals surface area contributed by atoms with Crippen molar-refractivity contribution in [3.63, 3.8) is 0 Å². The molecule has 1 aromatic carbocycles. The van der Waals surface area contributed by atoms with Crippen molar-refractivity contribution in [2.45, 2.75) is 31.7 Å². The fourth-order valence-corrected chi connectivity index (χ4v) is 1.89. The first-order chi connectivity index (χ1) is 10.5. The topological polar surface area (TPSA) is 116 Å². The average molecular weight is 308 g/mol. The van der Waals surface area contributed by atoms with Crippen molar-refractivity contribution in [1.29, 1.82) is 0 Å². The number of aliphatic carboxylic acids is 2. The van der Waals surface area contributed by atoms with Gasteiger partial charge in [0.25, 0.3) is 0 Å². The molecule has 0 radical (unpaired) electrons. The van der Waals surface area contributed by atoms with Gasteiger partial charge in [0.05, 0.1) is 0 Å². The minimum atomic E-state index is -1.18. The Kier molecular flexibility index (Phi) is 7.45. The van der Waals surface area contributed by atoms with Crippen molar-refractivity contribution < 1.29 is 24.6 Å². The maximum Gasteiger partial charge on any atom is 0.326 e. The first-order valence-electron chi connectivity index (χ1n) is 7.02. The van der Waals surface area contributed by atoms with Crippen LogP contribution in [0.1, 0.15) is 24.8 Å². The van der Waals surface area contributed by atoms with Crippen LogP contribution in [0.15, 0.2) is 30.3 Å². The lowest BCUT2D eigenvalue weighted by molar-refractivity contribution is -0.140. The molecular formula is C15H20N2O5. The Morgan fingerprint density at radius 2 is 1.77 bits per heavy atom. The molecule has 7 nitrogen and oxygen atoms in total. The number of rotatable bonds is 9. The van der Waals surface area contributed by atoms with Crippen molar-refractivity contribution in [3.05, 3.63) is 35.9 Å². The smallest absolute Gasteiger partial charge is 0.326 e. The molecule has 120 valence electrons. The van der Waals surface area contributed by atoms with E-state index in [0.29, 0.717) is 13.0 Å². The summed E-state index contributed by atoms with van der Waals surface area (Å²) < 4.78 is 0. The van der Waals surface area contributed by atoms with Gasteiger partial charge in [-0.05, 0) is 24.8 Å². The molecule has 1 rings (SSSR count). The summed E-state index contributed by atoms with van der Waals surface area (Å²) in [5.41, 5.74) is 1.07. The van der Waals surface area contributed by atoms with E-state index in [1.54, 1.807) is 0 Å². The molecule has 0 bridgehead atoms. The molecule has 0 aromatic heterocycles. The molecule has 0 saturated heterocycles. The van der Waals surface area contributed by atoms with Crippen LogP contribution in [-0.2, 0) is 16.0 Å². The van der Waals surface area contributed by atoms with Crippen LogP contribution >= 0.6 is 0 Å². The predicted molar refractivity (Wildman–Crippen MR) is 79.6 cm³/mol. The van der Waals surface area contributed by atoms with E-state index in [9.17, 15) is 14.4 Å². The van der Waals surface area contributed by atoms with Crippen LogP contribution in [0, 0.1) is 0 Å². The van der Waals surface area contributed by atoms with Crippen LogP contribution < -0.4 is 10.6 Å². The van der Waals surface area contributed by atoms with Gasteiger partial charge >= 0.3 is 18.0 Å². The highest BCUT2D eigenvalue weighted by atomic mass is 16.4. The Hall–Kier alpha value is -2.57. The van der Waals surface area contributed by atoms with Crippen molar-refractivity contribution in [3.8, 4) is 0 Å². The Labute approximate surface area is 128 Å². The molecule has 0 fully saturated rings. The van der Waals surface area contributed by atoms with Gasteiger partial charge in [0.1, 0.15) is 6.04 Å². The number of carbonyl (C=O) groups is 3. The lowest BCUT2D eigenvalue weighted by Crippen LogP contribution is -2.46. The summed E-state index contributed by atoms with van der Waals surface area (Å²) in [7, 11) is 0. The summed E-state index contributed by atoms with van der Waals surface area (Å²) >= 11 is 0. The number of hydrogen-bond donors (Lipinski definition) is 4. The zero-order valence-corrected chi connectivity index (χ0v) is 12.1. The van der Waals surface area contributed by atoms with Crippen LogP contribution in [0.5, 0.6) is 0 Å². The van der Waals surface area contributed by atoms with E-state index in [4.69, 9.17) is 10.2 Å². The average Bonchev–Trinajstić information content (AvgIpc) is 2.47. The van der Waals surface area contributed by atoms with E-state index in [2.05, 4.69) is 10.6 Å². The minimum absolute atomic E-state index is 0.0771. The van der Waals surface area contributed by atoms with E-state index in [1.165, 1.54) is 0 Å². The standard InChI is InChI=1S/C15H20N2O5/c18-13(19)8-4-7-12(14(20)21)17-15(22)16-10-9-11-5-2-1-3-6-11/h1-3,5-6,12H,4,7-10H2,(H,18,19)(H,20,21)(H2,16,17,22). The summed E-state index contributed by atoms with van der Waals surface area (Å²) in [6.45, 7) is 0.386. The highest BCUT2D eigenvalue weighted by Gasteiger charge is 2.19. The molecule has 7 heteroatoms. The normalized spacial score (nSPS) is 11.5. The van der Waals surface area contributed by atoms with Crippen molar-refractivity contribution >= 4 is 18.0 Å². The van der Waals surface area contributed by atoms with Gasteiger partial charge in [0.15, 0.2) is 0 Å². The highest BCUT2D eigenvalue weighted by molar-refractivity contribution is 5.82. The quantitative estimate of drug-likeness (QED) is 0.547. The van der Waals surface area contributed by atoms with Crippen LogP contribution in [0.3, 0.4) is 0 Å². The Balaban J connectivity index is 2.30. The largest absolute Gasteiger partial charge is 0.481 e. The second-order valence-electron chi connectivity index (χ2n) is 4.81. The number of nitrogens with one attached hydrogen (secondary N) is 2. The van der Waals surface area contributed by atoms with Crippen LogP contribution in [0.4, 0.5) is 4.79 Å². The molecule has 0 aliphatic rings. The van der Waals surface area contributed by atoms with Gasteiger partial charge < -0.3 is 20.8 Å². The number of carboxylic acids is 2. The molecular weight excluding hydrogens is 288 g/mol. The number of carboxylic acid groups (broad SMARTS) is 2. The summed E-state index contributed by atoms with van der Waals surface area (Å²) in [5, 5.41) is 22.4. The fourth-order valence-electron chi connectivity index (χ4n) is 1.89. The molecule has 0 spiro atoms. The van der Waals surface area contributed by atoms with E-state index < -0.39 is 24.0 Å². The third-order valence-electron chi connectivity index (χ3n) is 3.03. The Morgan fingerprint density at radius 1 is 1.09 bits per heavy atom. The fraction of sp³-hybridized carbons (Fsp3) is 0.400. The summed E-state index contributed by atoms with van der Waals surface area (Å²) in [4.78, 5) is 33.1. The first-order valence-corrected chi connectivity index (χ1v) is 7.02. The van der Waals surface area contributed by atoms with Gasteiger partial charge in [0, 0.05) is 13.0 Å². The van der Waals surface area contributed by atoms with Gasteiger partial charge in [-0.2, -0.15) is 0 Å². The molecule has 1 aromatic rings. The predicted octanol–water partition coefficient (Wildman–Crippen LogP) is 1.24. The molecule has 1 atom stereocenters. The summed E-state index contributed by atoms with van der Waals surface area (Å²) in [5.74, 6) is -2.17. The maximum absolute atomic E-state index is 11.6. The second-order valence-corrected chi connectivity index (χ2v) is 4.81. The van der Waals surface area contributed by atoms with Crippen molar-refractivity contribution in [2.24, 2.45) is 0 Å². The lowest BCUT2D eigenvalue weighted by atomic mass is 10.1. The maximum atomic E-state index is 11.6. The van der Waals surface area contributed by atoms with E-state index >= 15 is 0 Å². The van der Waals surface area contributed by atoms with Crippen LogP contribution in [-0.4, -0.2) is 40.8 Å². The molecule has 0 aliphatic carbocycles. The molecule has 22 heavy (non-hydrogen) atoms. The van der Waals surface area contributed by atoms with Crippen LogP contribution in [0.25, 0.3) is 0 Å². The molecule has 0 saturated carbocycles.